The summed E-state index contributed by atoms with van der Waals surface area (Å²) >= 11 is 6.27. The second-order valence-electron chi connectivity index (χ2n) is 9.13. The van der Waals surface area contributed by atoms with E-state index in [1.54, 1.807) is 7.11 Å². The van der Waals surface area contributed by atoms with Crippen molar-refractivity contribution in [1.82, 2.24) is 10.3 Å². The number of fused-ring (bicyclic) bond motifs is 1. The molecule has 2 heterocycles. The smallest absolute Gasteiger partial charge is 0.251 e. The number of ether oxygens (including phenoxy) is 1. The lowest BCUT2D eigenvalue weighted by Gasteiger charge is -2.32. The molecule has 0 atom stereocenters. The Kier molecular flexibility index (Phi) is 7.28. The van der Waals surface area contributed by atoms with E-state index in [-0.39, 0.29) is 5.91 Å². The largest absolute Gasteiger partial charge is 0.497 e. The zero-order valence-corrected chi connectivity index (χ0v) is 21.7. The lowest BCUT2D eigenvalue weighted by molar-refractivity contribution is 0.0951. The van der Waals surface area contributed by atoms with E-state index >= 15 is 0 Å². The van der Waals surface area contributed by atoms with Gasteiger partial charge < -0.3 is 20.3 Å². The fourth-order valence-electron chi connectivity index (χ4n) is 4.51. The van der Waals surface area contributed by atoms with Crippen LogP contribution < -0.4 is 20.3 Å². The topological polar surface area (TPSA) is 66.5 Å². The average Bonchev–Trinajstić information content (AvgIpc) is 2.94. The molecule has 188 valence electrons. The molecule has 7 heteroatoms. The van der Waals surface area contributed by atoms with Crippen molar-refractivity contribution in [3.8, 4) is 16.9 Å². The molecule has 1 aliphatic rings. The predicted octanol–water partition coefficient (Wildman–Crippen LogP) is 6.08. The van der Waals surface area contributed by atoms with Crippen molar-refractivity contribution in [3.63, 3.8) is 0 Å². The van der Waals surface area contributed by atoms with Crippen molar-refractivity contribution in [3.05, 3.63) is 106 Å². The van der Waals surface area contributed by atoms with Crippen LogP contribution in [0.5, 0.6) is 5.75 Å². The molecule has 0 spiro atoms. The van der Waals surface area contributed by atoms with Crippen LogP contribution in [0.1, 0.15) is 27.0 Å². The SMILES string of the molecule is COc1cccc(CNC(=O)c2cccc(-c3cnc4c(c3)N(Cc3cc(Cl)ccc3C)CCN4)c2)c1. The van der Waals surface area contributed by atoms with Gasteiger partial charge in [-0.05, 0) is 71.6 Å². The van der Waals surface area contributed by atoms with Crippen molar-refractivity contribution in [2.24, 2.45) is 0 Å². The number of carbonyl (C=O) groups excluding carboxylic acids is 1. The molecule has 3 aromatic carbocycles. The molecule has 0 saturated heterocycles. The molecule has 1 aliphatic heterocycles. The highest BCUT2D eigenvalue weighted by Gasteiger charge is 2.20. The van der Waals surface area contributed by atoms with Crippen molar-refractivity contribution >= 4 is 29.0 Å². The summed E-state index contributed by atoms with van der Waals surface area (Å²) in [6, 6.07) is 23.5. The molecule has 0 fully saturated rings. The molecule has 5 rings (SSSR count). The van der Waals surface area contributed by atoms with E-state index in [9.17, 15) is 4.79 Å². The first-order valence-electron chi connectivity index (χ1n) is 12.3. The molecular weight excluding hydrogens is 484 g/mol. The molecular formula is C30H29ClN4O2. The fraction of sp³-hybridized carbons (Fsp3) is 0.200. The molecule has 37 heavy (non-hydrogen) atoms. The van der Waals surface area contributed by atoms with Gasteiger partial charge in [-0.25, -0.2) is 4.98 Å². The molecule has 0 saturated carbocycles. The fourth-order valence-corrected chi connectivity index (χ4v) is 4.70. The molecule has 0 aliphatic carbocycles. The minimum absolute atomic E-state index is 0.129. The van der Waals surface area contributed by atoms with Gasteiger partial charge in [-0.3, -0.25) is 4.79 Å². The Bertz CT molecular complexity index is 1440. The number of carbonyl (C=O) groups is 1. The summed E-state index contributed by atoms with van der Waals surface area (Å²) in [6.07, 6.45) is 1.85. The number of pyridine rings is 1. The number of rotatable bonds is 7. The number of aryl methyl sites for hydroxylation is 1. The molecule has 0 radical (unpaired) electrons. The third-order valence-corrected chi connectivity index (χ3v) is 6.84. The zero-order valence-electron chi connectivity index (χ0n) is 20.9. The van der Waals surface area contributed by atoms with Crippen molar-refractivity contribution < 1.29 is 9.53 Å². The number of anilines is 2. The van der Waals surface area contributed by atoms with Gasteiger partial charge in [-0.2, -0.15) is 0 Å². The van der Waals surface area contributed by atoms with Crippen LogP contribution in [0.4, 0.5) is 11.5 Å². The minimum atomic E-state index is -0.129. The Hall–Kier alpha value is -4.03. The number of hydrogen-bond acceptors (Lipinski definition) is 5. The summed E-state index contributed by atoms with van der Waals surface area (Å²) in [4.78, 5) is 19.9. The molecule has 6 nitrogen and oxygen atoms in total. The third-order valence-electron chi connectivity index (χ3n) is 6.60. The summed E-state index contributed by atoms with van der Waals surface area (Å²) < 4.78 is 5.27. The molecule has 1 aromatic heterocycles. The number of benzene rings is 3. The van der Waals surface area contributed by atoms with E-state index in [0.29, 0.717) is 12.1 Å². The van der Waals surface area contributed by atoms with Gasteiger partial charge in [0, 0.05) is 48.5 Å². The summed E-state index contributed by atoms with van der Waals surface area (Å²) in [6.45, 7) is 4.95. The lowest BCUT2D eigenvalue weighted by atomic mass is 10.0. The highest BCUT2D eigenvalue weighted by molar-refractivity contribution is 6.30. The van der Waals surface area contributed by atoms with Gasteiger partial charge in [0.05, 0.1) is 12.8 Å². The first-order chi connectivity index (χ1) is 18.0. The Morgan fingerprint density at radius 3 is 2.81 bits per heavy atom. The summed E-state index contributed by atoms with van der Waals surface area (Å²) in [5, 5.41) is 7.14. The predicted molar refractivity (Wildman–Crippen MR) is 150 cm³/mol. The highest BCUT2D eigenvalue weighted by atomic mass is 35.5. The maximum absolute atomic E-state index is 12.9. The van der Waals surface area contributed by atoms with Crippen molar-refractivity contribution in [2.75, 3.05) is 30.4 Å². The molecule has 2 N–H and O–H groups in total. The van der Waals surface area contributed by atoms with E-state index in [1.165, 1.54) is 11.1 Å². The van der Waals surface area contributed by atoms with Gasteiger partial charge in [0.15, 0.2) is 0 Å². The Morgan fingerprint density at radius 2 is 1.95 bits per heavy atom. The molecule has 0 unspecified atom stereocenters. The first kappa shape index (κ1) is 24.7. The van der Waals surface area contributed by atoms with Gasteiger partial charge in [-0.1, -0.05) is 41.9 Å². The second kappa shape index (κ2) is 10.9. The number of hydrogen-bond donors (Lipinski definition) is 2. The quantitative estimate of drug-likeness (QED) is 0.314. The van der Waals surface area contributed by atoms with Crippen LogP contribution in [-0.4, -0.2) is 31.1 Å². The average molecular weight is 513 g/mol. The Balaban J connectivity index is 1.35. The number of amides is 1. The van der Waals surface area contributed by atoms with E-state index in [4.69, 9.17) is 21.3 Å². The van der Waals surface area contributed by atoms with Crippen LogP contribution in [0.3, 0.4) is 0 Å². The highest BCUT2D eigenvalue weighted by Crippen LogP contribution is 2.33. The number of nitrogens with zero attached hydrogens (tertiary/aromatic N) is 2. The first-order valence-corrected chi connectivity index (χ1v) is 12.6. The van der Waals surface area contributed by atoms with Crippen LogP contribution >= 0.6 is 11.6 Å². The summed E-state index contributed by atoms with van der Waals surface area (Å²) in [5.41, 5.74) is 6.91. The second-order valence-corrected chi connectivity index (χ2v) is 9.56. The van der Waals surface area contributed by atoms with Crippen LogP contribution in [0, 0.1) is 6.92 Å². The van der Waals surface area contributed by atoms with E-state index in [2.05, 4.69) is 34.6 Å². The van der Waals surface area contributed by atoms with Gasteiger partial charge in [0.25, 0.3) is 5.91 Å². The van der Waals surface area contributed by atoms with Gasteiger partial charge >= 0.3 is 0 Å². The van der Waals surface area contributed by atoms with Crippen LogP contribution in [0.2, 0.25) is 5.02 Å². The van der Waals surface area contributed by atoms with Crippen molar-refractivity contribution in [2.45, 2.75) is 20.0 Å². The third kappa shape index (κ3) is 5.70. The summed E-state index contributed by atoms with van der Waals surface area (Å²) in [5.74, 6) is 1.50. The summed E-state index contributed by atoms with van der Waals surface area (Å²) in [7, 11) is 1.63. The maximum Gasteiger partial charge on any atom is 0.251 e. The minimum Gasteiger partial charge on any atom is -0.497 e. The van der Waals surface area contributed by atoms with Gasteiger partial charge in [-0.15, -0.1) is 0 Å². The maximum atomic E-state index is 12.9. The van der Waals surface area contributed by atoms with Crippen LogP contribution in [0.25, 0.3) is 11.1 Å². The standard InChI is InChI=1S/C30H29ClN4O2/c1-20-9-10-26(31)15-25(20)19-35-12-11-32-29-28(35)16-24(18-33-29)22-6-4-7-23(14-22)30(36)34-17-21-5-3-8-27(13-21)37-2/h3-10,13-16,18H,11-12,17,19H2,1-2H3,(H,32,33)(H,34,36). The number of nitrogens with one attached hydrogen (secondary N) is 2. The monoisotopic (exact) mass is 512 g/mol. The number of aromatic nitrogens is 1. The number of halogens is 1. The van der Waals surface area contributed by atoms with E-state index < -0.39 is 0 Å². The van der Waals surface area contributed by atoms with Crippen LogP contribution in [-0.2, 0) is 13.1 Å². The van der Waals surface area contributed by atoms with Crippen LogP contribution in [0.15, 0.2) is 79.0 Å². The van der Waals surface area contributed by atoms with Gasteiger partial charge in [0.2, 0.25) is 0 Å². The molecule has 0 bridgehead atoms. The zero-order chi connectivity index (χ0) is 25.8. The Morgan fingerprint density at radius 1 is 1.08 bits per heavy atom. The van der Waals surface area contributed by atoms with Crippen molar-refractivity contribution in [1.29, 1.82) is 0 Å². The van der Waals surface area contributed by atoms with E-state index in [0.717, 1.165) is 58.6 Å². The molecule has 4 aromatic rings. The normalized spacial score (nSPS) is 12.5. The number of methoxy groups -OCH3 is 1. The van der Waals surface area contributed by atoms with Gasteiger partial charge in [0.1, 0.15) is 11.6 Å². The lowest BCUT2D eigenvalue weighted by Crippen LogP contribution is -2.34. The molecule has 1 amide bonds. The van der Waals surface area contributed by atoms with E-state index in [1.807, 2.05) is 66.9 Å². The Labute approximate surface area is 222 Å².